The van der Waals surface area contributed by atoms with Crippen LogP contribution < -0.4 is 0 Å². The molecule has 0 aliphatic rings. The highest BCUT2D eigenvalue weighted by atomic mass is 16.5. The highest BCUT2D eigenvalue weighted by molar-refractivity contribution is 5.66. The Kier molecular flexibility index (Phi) is 15.9. The lowest BCUT2D eigenvalue weighted by Gasteiger charge is -2.32. The van der Waals surface area contributed by atoms with Crippen LogP contribution in [-0.2, 0) is 36.6 Å². The van der Waals surface area contributed by atoms with Crippen LogP contribution in [0, 0.1) is 11.8 Å². The number of esters is 2. The van der Waals surface area contributed by atoms with Gasteiger partial charge in [0.15, 0.2) is 0 Å². The number of carbonyl (C=O) groups excluding carboxylic acids is 2. The lowest BCUT2D eigenvalue weighted by molar-refractivity contribution is -0.152. The zero-order valence-corrected chi connectivity index (χ0v) is 30.3. The standard InChI is InChI=1S/C44H54O7/c1-31(43(47)37-21-13-7-14-22-37)41(49-33(3)45)27-25-39(29-35-17-9-5-10-18-35)51-40(30-36-19-11-6-12-20-36)26-28-42(50-34(4)46)32(2)44(48)38-23-15-8-16-24-38/h5-24,31-32,39-44,47-48H,25-30H2,1-4H3. The molecule has 8 unspecified atom stereocenters. The predicted octanol–water partition coefficient (Wildman–Crippen LogP) is 8.39. The Balaban J connectivity index is 1.56. The van der Waals surface area contributed by atoms with Gasteiger partial charge >= 0.3 is 11.9 Å². The van der Waals surface area contributed by atoms with Crippen molar-refractivity contribution in [2.45, 2.75) is 103 Å². The van der Waals surface area contributed by atoms with E-state index >= 15 is 0 Å². The Morgan fingerprint density at radius 3 is 1.14 bits per heavy atom. The molecule has 0 radical (unpaired) electrons. The Morgan fingerprint density at radius 1 is 0.510 bits per heavy atom. The molecule has 0 aliphatic carbocycles. The topological polar surface area (TPSA) is 102 Å². The van der Waals surface area contributed by atoms with Crippen LogP contribution in [0.15, 0.2) is 121 Å². The van der Waals surface area contributed by atoms with E-state index < -0.39 is 36.4 Å². The molecule has 0 bridgehead atoms. The molecule has 0 aliphatic heterocycles. The fourth-order valence-electron chi connectivity index (χ4n) is 6.76. The van der Waals surface area contributed by atoms with Crippen LogP contribution >= 0.6 is 0 Å². The first kappa shape index (κ1) is 39.5. The summed E-state index contributed by atoms with van der Waals surface area (Å²) in [5, 5.41) is 22.5. The second-order valence-electron chi connectivity index (χ2n) is 13.6. The first-order valence-electron chi connectivity index (χ1n) is 18.1. The van der Waals surface area contributed by atoms with E-state index in [0.717, 1.165) is 22.3 Å². The molecule has 0 fully saturated rings. The van der Waals surface area contributed by atoms with Crippen molar-refractivity contribution in [2.75, 3.05) is 0 Å². The molecule has 4 aromatic carbocycles. The molecule has 4 rings (SSSR count). The average Bonchev–Trinajstić information content (AvgIpc) is 3.14. The summed E-state index contributed by atoms with van der Waals surface area (Å²) in [4.78, 5) is 24.5. The van der Waals surface area contributed by atoms with Crippen molar-refractivity contribution in [3.05, 3.63) is 144 Å². The second kappa shape index (κ2) is 20.5. The lowest BCUT2D eigenvalue weighted by Crippen LogP contribution is -2.33. The van der Waals surface area contributed by atoms with E-state index in [1.807, 2.05) is 111 Å². The minimum absolute atomic E-state index is 0.236. The number of aliphatic hydroxyl groups is 2. The van der Waals surface area contributed by atoms with Crippen molar-refractivity contribution >= 4 is 11.9 Å². The van der Waals surface area contributed by atoms with Crippen LogP contribution in [0.2, 0.25) is 0 Å². The Labute approximate surface area is 303 Å². The molecule has 0 amide bonds. The Bertz CT molecular complexity index is 1450. The van der Waals surface area contributed by atoms with Crippen LogP contribution in [0.25, 0.3) is 0 Å². The molecule has 4 aromatic rings. The third-order valence-electron chi connectivity index (χ3n) is 9.63. The van der Waals surface area contributed by atoms with Gasteiger partial charge in [-0.3, -0.25) is 9.59 Å². The zero-order chi connectivity index (χ0) is 36.6. The number of hydrogen-bond donors (Lipinski definition) is 2. The highest BCUT2D eigenvalue weighted by Crippen LogP contribution is 2.32. The van der Waals surface area contributed by atoms with Gasteiger partial charge in [-0.25, -0.2) is 0 Å². The van der Waals surface area contributed by atoms with Gasteiger partial charge in [-0.2, -0.15) is 0 Å². The normalized spacial score (nSPS) is 16.1. The summed E-state index contributed by atoms with van der Waals surface area (Å²) in [7, 11) is 0. The number of aliphatic hydroxyl groups excluding tert-OH is 2. The van der Waals surface area contributed by atoms with Gasteiger partial charge in [0, 0.05) is 25.7 Å². The minimum Gasteiger partial charge on any atom is -0.462 e. The van der Waals surface area contributed by atoms with Crippen LogP contribution in [0.1, 0.15) is 87.8 Å². The maximum Gasteiger partial charge on any atom is 0.302 e. The van der Waals surface area contributed by atoms with Gasteiger partial charge in [0.05, 0.1) is 24.4 Å². The number of rotatable bonds is 20. The summed E-state index contributed by atoms with van der Waals surface area (Å²) < 4.78 is 18.7. The molecule has 0 spiro atoms. The molecule has 7 nitrogen and oxygen atoms in total. The molecule has 0 aromatic heterocycles. The average molecular weight is 695 g/mol. The van der Waals surface area contributed by atoms with Crippen molar-refractivity contribution in [3.63, 3.8) is 0 Å². The summed E-state index contributed by atoms with van der Waals surface area (Å²) in [5.74, 6) is -1.48. The fourth-order valence-corrected chi connectivity index (χ4v) is 6.76. The van der Waals surface area contributed by atoms with Crippen molar-refractivity contribution in [1.29, 1.82) is 0 Å². The largest absolute Gasteiger partial charge is 0.462 e. The number of ether oxygens (including phenoxy) is 3. The van der Waals surface area contributed by atoms with E-state index in [1.54, 1.807) is 0 Å². The van der Waals surface area contributed by atoms with E-state index in [9.17, 15) is 19.8 Å². The maximum atomic E-state index is 12.3. The van der Waals surface area contributed by atoms with Gasteiger partial charge in [-0.1, -0.05) is 135 Å². The van der Waals surface area contributed by atoms with E-state index in [-0.39, 0.29) is 24.0 Å². The van der Waals surface area contributed by atoms with Crippen molar-refractivity contribution < 1.29 is 34.0 Å². The maximum absolute atomic E-state index is 12.3. The van der Waals surface area contributed by atoms with Crippen molar-refractivity contribution in [2.24, 2.45) is 11.8 Å². The molecule has 272 valence electrons. The van der Waals surface area contributed by atoms with Crippen LogP contribution in [0.3, 0.4) is 0 Å². The Morgan fingerprint density at radius 2 is 0.824 bits per heavy atom. The summed E-state index contributed by atoms with van der Waals surface area (Å²) in [6.07, 6.45) is 0.313. The first-order chi connectivity index (χ1) is 24.6. The summed E-state index contributed by atoms with van der Waals surface area (Å²) in [5.41, 5.74) is 3.80. The quantitative estimate of drug-likeness (QED) is 0.0897. The molecule has 2 N–H and O–H groups in total. The van der Waals surface area contributed by atoms with Gasteiger partial charge in [0.25, 0.3) is 0 Å². The molecular formula is C44H54O7. The molecule has 0 heterocycles. The Hall–Kier alpha value is -4.30. The van der Waals surface area contributed by atoms with E-state index in [4.69, 9.17) is 14.2 Å². The minimum atomic E-state index is -0.804. The predicted molar refractivity (Wildman–Crippen MR) is 200 cm³/mol. The SMILES string of the molecule is CC(=O)OC(CCC(Cc1ccccc1)OC(CCC(OC(C)=O)C(C)C(O)c1ccccc1)Cc1ccccc1)C(C)C(O)c1ccccc1. The second-order valence-corrected chi connectivity index (χ2v) is 13.6. The monoisotopic (exact) mass is 694 g/mol. The molecule has 51 heavy (non-hydrogen) atoms. The number of carbonyl (C=O) groups is 2. The van der Waals surface area contributed by atoms with Crippen LogP contribution in [0.5, 0.6) is 0 Å². The van der Waals surface area contributed by atoms with Crippen LogP contribution in [-0.4, -0.2) is 46.6 Å². The van der Waals surface area contributed by atoms with Gasteiger partial charge in [-0.15, -0.1) is 0 Å². The molecule has 0 saturated carbocycles. The van der Waals surface area contributed by atoms with Gasteiger partial charge in [0.2, 0.25) is 0 Å². The van der Waals surface area contributed by atoms with E-state index in [1.165, 1.54) is 13.8 Å². The molecule has 0 saturated heterocycles. The third kappa shape index (κ3) is 13.1. The van der Waals surface area contributed by atoms with Crippen molar-refractivity contribution in [1.82, 2.24) is 0 Å². The van der Waals surface area contributed by atoms with Gasteiger partial charge < -0.3 is 24.4 Å². The van der Waals surface area contributed by atoms with Crippen molar-refractivity contribution in [3.8, 4) is 0 Å². The molecular weight excluding hydrogens is 640 g/mol. The van der Waals surface area contributed by atoms with E-state index in [2.05, 4.69) is 24.3 Å². The van der Waals surface area contributed by atoms with Crippen LogP contribution in [0.4, 0.5) is 0 Å². The third-order valence-corrected chi connectivity index (χ3v) is 9.63. The summed E-state index contributed by atoms with van der Waals surface area (Å²) in [6, 6.07) is 39.2. The molecule has 8 atom stereocenters. The van der Waals surface area contributed by atoms with Gasteiger partial charge in [-0.05, 0) is 60.8 Å². The summed E-state index contributed by atoms with van der Waals surface area (Å²) >= 11 is 0. The fraction of sp³-hybridized carbons (Fsp3) is 0.409. The van der Waals surface area contributed by atoms with E-state index in [0.29, 0.717) is 38.5 Å². The number of hydrogen-bond acceptors (Lipinski definition) is 7. The lowest BCUT2D eigenvalue weighted by atomic mass is 9.88. The summed E-state index contributed by atoms with van der Waals surface area (Å²) in [6.45, 7) is 6.63. The highest BCUT2D eigenvalue weighted by Gasteiger charge is 2.31. The number of benzene rings is 4. The smallest absolute Gasteiger partial charge is 0.302 e. The van der Waals surface area contributed by atoms with Gasteiger partial charge in [0.1, 0.15) is 12.2 Å². The first-order valence-corrected chi connectivity index (χ1v) is 18.1. The zero-order valence-electron chi connectivity index (χ0n) is 30.3. The molecule has 7 heteroatoms.